The molecule has 1 aliphatic rings. The van der Waals surface area contributed by atoms with Gasteiger partial charge in [-0.2, -0.15) is 5.10 Å². The Kier molecular flexibility index (Phi) is 6.12. The number of amides is 1. The fraction of sp³-hybridized carbons (Fsp3) is 0.750. The van der Waals surface area contributed by atoms with Gasteiger partial charge in [-0.15, -0.1) is 0 Å². The summed E-state index contributed by atoms with van der Waals surface area (Å²) in [6.07, 6.45) is 2.90. The van der Waals surface area contributed by atoms with Crippen molar-refractivity contribution in [2.45, 2.75) is 45.1 Å². The molecule has 3 atom stereocenters. The molecule has 0 saturated carbocycles. The molecular formula is C16H27FN4O2. The summed E-state index contributed by atoms with van der Waals surface area (Å²) in [7, 11) is 3.62. The van der Waals surface area contributed by atoms with E-state index in [1.807, 2.05) is 20.2 Å². The molecule has 1 aromatic rings. The lowest BCUT2D eigenvalue weighted by atomic mass is 10.2. The number of aryl methyl sites for hydroxylation is 1. The zero-order valence-electron chi connectivity index (χ0n) is 14.4. The quantitative estimate of drug-likeness (QED) is 0.756. The van der Waals surface area contributed by atoms with Gasteiger partial charge in [0.05, 0.1) is 6.20 Å². The number of nitrogens with zero attached hydrogens (tertiary/aromatic N) is 4. The van der Waals surface area contributed by atoms with Crippen LogP contribution in [0.5, 0.6) is 0 Å². The lowest BCUT2D eigenvalue weighted by Gasteiger charge is -2.29. The molecule has 1 amide bonds. The van der Waals surface area contributed by atoms with Gasteiger partial charge in [-0.05, 0) is 20.3 Å². The summed E-state index contributed by atoms with van der Waals surface area (Å²) >= 11 is 0. The van der Waals surface area contributed by atoms with Gasteiger partial charge in [0.15, 0.2) is 0 Å². The number of hydrogen-bond acceptors (Lipinski definition) is 4. The van der Waals surface area contributed by atoms with Crippen LogP contribution in [0.2, 0.25) is 0 Å². The zero-order chi connectivity index (χ0) is 17.0. The molecule has 1 fully saturated rings. The van der Waals surface area contributed by atoms with Crippen LogP contribution in [0.15, 0.2) is 12.4 Å². The van der Waals surface area contributed by atoms with Gasteiger partial charge in [-0.25, -0.2) is 4.39 Å². The lowest BCUT2D eigenvalue weighted by Crippen LogP contribution is -2.44. The Balaban J connectivity index is 1.94. The predicted molar refractivity (Wildman–Crippen MR) is 85.6 cm³/mol. The Morgan fingerprint density at radius 3 is 2.96 bits per heavy atom. The maximum atomic E-state index is 13.9. The summed E-state index contributed by atoms with van der Waals surface area (Å²) in [5.74, 6) is -0.0597. The summed E-state index contributed by atoms with van der Waals surface area (Å²) in [6, 6.07) is 0.0213. The Hall–Kier alpha value is -1.47. The van der Waals surface area contributed by atoms with Crippen LogP contribution in [-0.4, -0.2) is 70.5 Å². The van der Waals surface area contributed by atoms with Crippen molar-refractivity contribution >= 4 is 5.91 Å². The van der Waals surface area contributed by atoms with E-state index in [2.05, 4.69) is 10.00 Å². The Morgan fingerprint density at radius 1 is 1.61 bits per heavy atom. The van der Waals surface area contributed by atoms with Crippen LogP contribution in [0, 0.1) is 0 Å². The molecule has 130 valence electrons. The number of rotatable bonds is 7. The molecular weight excluding hydrogens is 299 g/mol. The van der Waals surface area contributed by atoms with Gasteiger partial charge in [-0.3, -0.25) is 14.4 Å². The van der Waals surface area contributed by atoms with E-state index in [0.29, 0.717) is 32.7 Å². The summed E-state index contributed by atoms with van der Waals surface area (Å²) in [4.78, 5) is 16.0. The number of halogens is 1. The van der Waals surface area contributed by atoms with E-state index < -0.39 is 12.3 Å². The van der Waals surface area contributed by atoms with Crippen molar-refractivity contribution in [2.75, 3.05) is 26.7 Å². The van der Waals surface area contributed by atoms with Crippen molar-refractivity contribution < 1.29 is 13.9 Å². The van der Waals surface area contributed by atoms with Crippen LogP contribution in [0.25, 0.3) is 0 Å². The van der Waals surface area contributed by atoms with Gasteiger partial charge in [0, 0.05) is 58.1 Å². The predicted octanol–water partition coefficient (Wildman–Crippen LogP) is 1.22. The first kappa shape index (κ1) is 17.9. The number of aromatic nitrogens is 2. The number of likely N-dealkylation sites (N-methyl/N-ethyl adjacent to an activating group) is 1. The first-order chi connectivity index (χ1) is 10.9. The fourth-order valence-electron chi connectivity index (χ4n) is 3.13. The molecule has 1 aliphatic heterocycles. The number of alkyl halides is 1. The molecule has 0 spiro atoms. The van der Waals surface area contributed by atoms with Gasteiger partial charge in [-0.1, -0.05) is 0 Å². The number of hydrogen-bond donors (Lipinski definition) is 0. The second-order valence-corrected chi connectivity index (χ2v) is 6.25. The molecule has 1 unspecified atom stereocenters. The molecule has 1 saturated heterocycles. The SMILES string of the molecule is CCOC(C)C(=O)N(C)C[C@@H]1C[C@H](F)CN1Cc1cnn(C)c1. The minimum absolute atomic E-state index is 0.0213. The number of carbonyl (C=O) groups excluding carboxylic acids is 1. The average molecular weight is 326 g/mol. The third kappa shape index (κ3) is 4.75. The zero-order valence-corrected chi connectivity index (χ0v) is 14.4. The Bertz CT molecular complexity index is 522. The average Bonchev–Trinajstić information content (AvgIpc) is 3.04. The first-order valence-electron chi connectivity index (χ1n) is 8.13. The Morgan fingerprint density at radius 2 is 2.35 bits per heavy atom. The van der Waals surface area contributed by atoms with Crippen LogP contribution in [0.1, 0.15) is 25.8 Å². The van der Waals surface area contributed by atoms with Gasteiger partial charge in [0.1, 0.15) is 12.3 Å². The van der Waals surface area contributed by atoms with Crippen LogP contribution in [0.3, 0.4) is 0 Å². The molecule has 0 radical (unpaired) electrons. The molecule has 2 rings (SSSR count). The van der Waals surface area contributed by atoms with Gasteiger partial charge in [0.25, 0.3) is 5.91 Å². The smallest absolute Gasteiger partial charge is 0.251 e. The molecule has 2 heterocycles. The van der Waals surface area contributed by atoms with Crippen LogP contribution >= 0.6 is 0 Å². The second kappa shape index (κ2) is 7.88. The normalized spacial score (nSPS) is 23.2. The third-order valence-electron chi connectivity index (χ3n) is 4.25. The van der Waals surface area contributed by atoms with Gasteiger partial charge >= 0.3 is 0 Å². The minimum Gasteiger partial charge on any atom is -0.369 e. The van der Waals surface area contributed by atoms with E-state index in [0.717, 1.165) is 5.56 Å². The van der Waals surface area contributed by atoms with Crippen LogP contribution < -0.4 is 0 Å². The van der Waals surface area contributed by atoms with E-state index in [1.54, 1.807) is 29.7 Å². The first-order valence-corrected chi connectivity index (χ1v) is 8.13. The molecule has 1 aromatic heterocycles. The summed E-state index contributed by atoms with van der Waals surface area (Å²) in [5.41, 5.74) is 1.06. The largest absolute Gasteiger partial charge is 0.369 e. The standard InChI is InChI=1S/C16H27FN4O2/c1-5-23-12(2)16(22)19(3)11-15-6-14(17)10-21(15)9-13-7-18-20(4)8-13/h7-8,12,14-15H,5-6,9-11H2,1-4H3/t12?,14-,15-/m0/s1. The number of carbonyl (C=O) groups is 1. The third-order valence-corrected chi connectivity index (χ3v) is 4.25. The monoisotopic (exact) mass is 326 g/mol. The van der Waals surface area contributed by atoms with Crippen molar-refractivity contribution in [1.82, 2.24) is 19.6 Å². The van der Waals surface area contributed by atoms with Crippen molar-refractivity contribution in [2.24, 2.45) is 7.05 Å². The molecule has 0 N–H and O–H groups in total. The minimum atomic E-state index is -0.843. The summed E-state index contributed by atoms with van der Waals surface area (Å²) in [5, 5.41) is 4.15. The summed E-state index contributed by atoms with van der Waals surface area (Å²) in [6.45, 7) is 5.69. The summed E-state index contributed by atoms with van der Waals surface area (Å²) < 4.78 is 21.0. The van der Waals surface area contributed by atoms with E-state index >= 15 is 0 Å². The second-order valence-electron chi connectivity index (χ2n) is 6.25. The highest BCUT2D eigenvalue weighted by Crippen LogP contribution is 2.23. The highest BCUT2D eigenvalue weighted by molar-refractivity contribution is 5.80. The Labute approximate surface area is 137 Å². The van der Waals surface area contributed by atoms with E-state index in [4.69, 9.17) is 4.74 Å². The van der Waals surface area contributed by atoms with E-state index in [1.165, 1.54) is 0 Å². The molecule has 23 heavy (non-hydrogen) atoms. The lowest BCUT2D eigenvalue weighted by molar-refractivity contribution is -0.141. The molecule has 0 bridgehead atoms. The van der Waals surface area contributed by atoms with Crippen molar-refractivity contribution in [3.8, 4) is 0 Å². The number of ether oxygens (including phenoxy) is 1. The van der Waals surface area contributed by atoms with Crippen molar-refractivity contribution in [3.05, 3.63) is 18.0 Å². The topological polar surface area (TPSA) is 50.6 Å². The fourth-order valence-corrected chi connectivity index (χ4v) is 3.13. The molecule has 0 aliphatic carbocycles. The van der Waals surface area contributed by atoms with Gasteiger partial charge in [0.2, 0.25) is 0 Å². The van der Waals surface area contributed by atoms with Crippen LogP contribution in [0.4, 0.5) is 4.39 Å². The maximum absolute atomic E-state index is 13.9. The van der Waals surface area contributed by atoms with Gasteiger partial charge < -0.3 is 9.64 Å². The van der Waals surface area contributed by atoms with Crippen molar-refractivity contribution in [1.29, 1.82) is 0 Å². The van der Waals surface area contributed by atoms with E-state index in [9.17, 15) is 9.18 Å². The maximum Gasteiger partial charge on any atom is 0.251 e. The van der Waals surface area contributed by atoms with Crippen LogP contribution in [-0.2, 0) is 23.1 Å². The highest BCUT2D eigenvalue weighted by atomic mass is 19.1. The molecule has 6 nitrogen and oxygen atoms in total. The van der Waals surface area contributed by atoms with E-state index in [-0.39, 0.29) is 11.9 Å². The number of likely N-dealkylation sites (tertiary alicyclic amines) is 1. The molecule has 7 heteroatoms. The van der Waals surface area contributed by atoms with Crippen molar-refractivity contribution in [3.63, 3.8) is 0 Å². The highest BCUT2D eigenvalue weighted by Gasteiger charge is 2.34. The molecule has 0 aromatic carbocycles.